The summed E-state index contributed by atoms with van der Waals surface area (Å²) in [6.07, 6.45) is 1.59. The second-order valence-corrected chi connectivity index (χ2v) is 7.03. The van der Waals surface area contributed by atoms with Crippen LogP contribution in [0, 0.1) is 0 Å². The summed E-state index contributed by atoms with van der Waals surface area (Å²) < 4.78 is 27.5. The molecule has 21 heavy (non-hydrogen) atoms. The van der Waals surface area contributed by atoms with Crippen molar-refractivity contribution in [1.29, 1.82) is 0 Å². The van der Waals surface area contributed by atoms with E-state index in [1.807, 2.05) is 19.1 Å². The number of para-hydroxylation sites is 1. The van der Waals surface area contributed by atoms with Crippen LogP contribution in [0.2, 0.25) is 0 Å². The maximum atomic E-state index is 12.5. The van der Waals surface area contributed by atoms with Crippen LogP contribution in [0.25, 0.3) is 0 Å². The number of benzene rings is 1. The molecule has 5 nitrogen and oxygen atoms in total. The molecule has 120 valence electrons. The van der Waals surface area contributed by atoms with Crippen molar-refractivity contribution in [3.8, 4) is 0 Å². The Morgan fingerprint density at radius 1 is 1.29 bits per heavy atom. The van der Waals surface area contributed by atoms with Gasteiger partial charge in [-0.1, -0.05) is 19.1 Å². The SMILES string of the molecule is CCCNS(=O)(=O)c1ccccc1N(CCCN)C(C)C. The standard InChI is InChI=1S/C15H27N3O2S/c1-4-11-17-21(19,20)15-9-6-5-8-14(15)18(13(2)3)12-7-10-16/h5-6,8-9,13,17H,4,7,10-12,16H2,1-3H3. The van der Waals surface area contributed by atoms with Crippen molar-refractivity contribution in [2.75, 3.05) is 24.5 Å². The quantitative estimate of drug-likeness (QED) is 0.730. The minimum Gasteiger partial charge on any atom is -0.368 e. The van der Waals surface area contributed by atoms with Crippen LogP contribution in [0.1, 0.15) is 33.6 Å². The molecular weight excluding hydrogens is 286 g/mol. The first-order valence-corrected chi connectivity index (χ1v) is 8.97. The monoisotopic (exact) mass is 313 g/mol. The van der Waals surface area contributed by atoms with E-state index in [0.29, 0.717) is 18.0 Å². The first kappa shape index (κ1) is 17.9. The second kappa shape index (κ2) is 8.36. The van der Waals surface area contributed by atoms with Crippen molar-refractivity contribution >= 4 is 15.7 Å². The zero-order valence-electron chi connectivity index (χ0n) is 13.2. The largest absolute Gasteiger partial charge is 0.368 e. The van der Waals surface area contributed by atoms with Crippen LogP contribution in [0.4, 0.5) is 5.69 Å². The summed E-state index contributed by atoms with van der Waals surface area (Å²) in [4.78, 5) is 2.43. The van der Waals surface area contributed by atoms with Crippen LogP contribution in [0.3, 0.4) is 0 Å². The fourth-order valence-electron chi connectivity index (χ4n) is 2.15. The van der Waals surface area contributed by atoms with Crippen LogP contribution in [0.5, 0.6) is 0 Å². The molecule has 0 radical (unpaired) electrons. The van der Waals surface area contributed by atoms with E-state index in [0.717, 1.165) is 25.1 Å². The van der Waals surface area contributed by atoms with Gasteiger partial charge in [0.15, 0.2) is 0 Å². The molecule has 0 atom stereocenters. The van der Waals surface area contributed by atoms with Gasteiger partial charge in [0.2, 0.25) is 10.0 Å². The number of rotatable bonds is 9. The summed E-state index contributed by atoms with van der Waals surface area (Å²) in [6, 6.07) is 7.35. The number of nitrogens with one attached hydrogen (secondary N) is 1. The van der Waals surface area contributed by atoms with E-state index in [1.54, 1.807) is 12.1 Å². The fraction of sp³-hybridized carbons (Fsp3) is 0.600. The van der Waals surface area contributed by atoms with E-state index in [-0.39, 0.29) is 6.04 Å². The fourth-order valence-corrected chi connectivity index (χ4v) is 3.50. The van der Waals surface area contributed by atoms with Gasteiger partial charge < -0.3 is 10.6 Å². The van der Waals surface area contributed by atoms with Crippen LogP contribution in [-0.4, -0.2) is 34.1 Å². The Kier molecular flexibility index (Phi) is 7.14. The molecule has 0 bridgehead atoms. The van der Waals surface area contributed by atoms with E-state index in [4.69, 9.17) is 5.73 Å². The van der Waals surface area contributed by atoms with Crippen LogP contribution in [-0.2, 0) is 10.0 Å². The Morgan fingerprint density at radius 3 is 2.52 bits per heavy atom. The van der Waals surface area contributed by atoms with Gasteiger partial charge in [0, 0.05) is 19.1 Å². The smallest absolute Gasteiger partial charge is 0.242 e. The number of nitrogens with two attached hydrogens (primary N) is 1. The van der Waals surface area contributed by atoms with E-state index in [1.165, 1.54) is 0 Å². The first-order valence-electron chi connectivity index (χ1n) is 7.49. The highest BCUT2D eigenvalue weighted by atomic mass is 32.2. The molecule has 0 aliphatic carbocycles. The van der Waals surface area contributed by atoms with Crippen molar-refractivity contribution in [3.05, 3.63) is 24.3 Å². The number of anilines is 1. The Morgan fingerprint density at radius 2 is 1.95 bits per heavy atom. The summed E-state index contributed by atoms with van der Waals surface area (Å²) in [5.74, 6) is 0. The van der Waals surface area contributed by atoms with Crippen molar-refractivity contribution in [3.63, 3.8) is 0 Å². The minimum absolute atomic E-state index is 0.207. The van der Waals surface area contributed by atoms with Gasteiger partial charge in [-0.3, -0.25) is 0 Å². The topological polar surface area (TPSA) is 75.4 Å². The van der Waals surface area contributed by atoms with Gasteiger partial charge >= 0.3 is 0 Å². The molecule has 0 amide bonds. The van der Waals surface area contributed by atoms with E-state index in [2.05, 4.69) is 23.5 Å². The lowest BCUT2D eigenvalue weighted by Gasteiger charge is -2.30. The van der Waals surface area contributed by atoms with E-state index < -0.39 is 10.0 Å². The highest BCUT2D eigenvalue weighted by molar-refractivity contribution is 7.89. The molecule has 1 aromatic carbocycles. The van der Waals surface area contributed by atoms with Crippen molar-refractivity contribution < 1.29 is 8.42 Å². The summed E-state index contributed by atoms with van der Waals surface area (Å²) in [5, 5.41) is 0. The second-order valence-electron chi connectivity index (χ2n) is 5.29. The molecule has 1 rings (SSSR count). The van der Waals surface area contributed by atoms with Crippen molar-refractivity contribution in [2.24, 2.45) is 5.73 Å². The Bertz CT molecular complexity index is 529. The van der Waals surface area contributed by atoms with Gasteiger partial charge in [-0.05, 0) is 45.4 Å². The zero-order valence-corrected chi connectivity index (χ0v) is 14.0. The molecule has 0 heterocycles. The maximum Gasteiger partial charge on any atom is 0.242 e. The maximum absolute atomic E-state index is 12.5. The minimum atomic E-state index is -3.48. The molecule has 1 aromatic rings. The summed E-state index contributed by atoms with van der Waals surface area (Å²) in [6.45, 7) is 7.83. The molecule has 0 saturated carbocycles. The molecule has 0 unspecified atom stereocenters. The lowest BCUT2D eigenvalue weighted by atomic mass is 10.2. The number of sulfonamides is 1. The summed E-state index contributed by atoms with van der Waals surface area (Å²) in [5.41, 5.74) is 6.33. The molecule has 6 heteroatoms. The molecule has 0 saturated heterocycles. The van der Waals surface area contributed by atoms with E-state index in [9.17, 15) is 8.42 Å². The molecular formula is C15H27N3O2S. The highest BCUT2D eigenvalue weighted by Gasteiger charge is 2.22. The normalized spacial score (nSPS) is 11.9. The molecule has 0 aliphatic heterocycles. The number of nitrogens with zero attached hydrogens (tertiary/aromatic N) is 1. The first-order chi connectivity index (χ1) is 9.94. The zero-order chi connectivity index (χ0) is 15.9. The third kappa shape index (κ3) is 4.98. The molecule has 0 fully saturated rings. The average molecular weight is 313 g/mol. The Hall–Kier alpha value is -1.11. The molecule has 3 N–H and O–H groups in total. The number of hydrogen-bond acceptors (Lipinski definition) is 4. The van der Waals surface area contributed by atoms with E-state index >= 15 is 0 Å². The Balaban J connectivity index is 3.18. The Labute approximate surface area is 128 Å². The van der Waals surface area contributed by atoms with Gasteiger partial charge in [-0.15, -0.1) is 0 Å². The highest BCUT2D eigenvalue weighted by Crippen LogP contribution is 2.26. The van der Waals surface area contributed by atoms with Gasteiger partial charge in [0.05, 0.1) is 5.69 Å². The van der Waals surface area contributed by atoms with Gasteiger partial charge in [0.25, 0.3) is 0 Å². The third-order valence-corrected chi connectivity index (χ3v) is 4.74. The number of hydrogen-bond donors (Lipinski definition) is 2. The average Bonchev–Trinajstić information content (AvgIpc) is 2.45. The van der Waals surface area contributed by atoms with Gasteiger partial charge in [0.1, 0.15) is 4.90 Å². The van der Waals surface area contributed by atoms with Crippen molar-refractivity contribution in [1.82, 2.24) is 4.72 Å². The van der Waals surface area contributed by atoms with Crippen LogP contribution >= 0.6 is 0 Å². The lowest BCUT2D eigenvalue weighted by Crippen LogP contribution is -2.35. The van der Waals surface area contributed by atoms with Crippen LogP contribution < -0.4 is 15.4 Å². The predicted molar refractivity (Wildman–Crippen MR) is 88.1 cm³/mol. The van der Waals surface area contributed by atoms with Gasteiger partial charge in [-0.2, -0.15) is 0 Å². The summed E-state index contributed by atoms with van der Waals surface area (Å²) in [7, 11) is -3.48. The van der Waals surface area contributed by atoms with Crippen molar-refractivity contribution in [2.45, 2.75) is 44.6 Å². The van der Waals surface area contributed by atoms with Crippen LogP contribution in [0.15, 0.2) is 29.2 Å². The molecule has 0 spiro atoms. The molecule has 0 aromatic heterocycles. The summed E-state index contributed by atoms with van der Waals surface area (Å²) >= 11 is 0. The van der Waals surface area contributed by atoms with Gasteiger partial charge in [-0.25, -0.2) is 13.1 Å². The lowest BCUT2D eigenvalue weighted by molar-refractivity contribution is 0.579. The third-order valence-electron chi connectivity index (χ3n) is 3.23. The predicted octanol–water partition coefficient (Wildman–Crippen LogP) is 1.94. The molecule has 0 aliphatic rings.